The molecule has 0 bridgehead atoms. The molecule has 0 aliphatic heterocycles. The lowest BCUT2D eigenvalue weighted by Crippen LogP contribution is -2.10. The monoisotopic (exact) mass is 430 g/mol. The fraction of sp³-hybridized carbons (Fsp3) is 0.0588. The molecule has 0 fully saturated rings. The Labute approximate surface area is 199 Å². The maximum absolute atomic E-state index is 2.38. The van der Waals surface area contributed by atoms with Gasteiger partial charge in [-0.25, -0.2) is 0 Å². The van der Waals surface area contributed by atoms with Crippen LogP contribution in [0.5, 0.6) is 0 Å². The van der Waals surface area contributed by atoms with E-state index in [1.807, 2.05) is 0 Å². The van der Waals surface area contributed by atoms with Crippen molar-refractivity contribution in [2.24, 2.45) is 0 Å². The van der Waals surface area contributed by atoms with Crippen molar-refractivity contribution in [3.8, 4) is 33.4 Å². The highest BCUT2D eigenvalue weighted by Crippen LogP contribution is 2.51. The largest absolute Gasteiger partial charge is 0.0622 e. The normalized spacial score (nSPS) is 13.1. The maximum atomic E-state index is 2.38. The molecule has 0 nitrogen and oxygen atoms in total. The van der Waals surface area contributed by atoms with Crippen LogP contribution in [-0.4, -0.2) is 0 Å². The minimum absolute atomic E-state index is 1.00. The van der Waals surface area contributed by atoms with E-state index in [4.69, 9.17) is 0 Å². The van der Waals surface area contributed by atoms with E-state index in [0.29, 0.717) is 0 Å². The minimum Gasteiger partial charge on any atom is -0.0622 e. The Morgan fingerprint density at radius 1 is 0.353 bits per heavy atom. The van der Waals surface area contributed by atoms with Crippen molar-refractivity contribution in [3.05, 3.63) is 131 Å². The molecule has 34 heavy (non-hydrogen) atoms. The van der Waals surface area contributed by atoms with E-state index < -0.39 is 0 Å². The second kappa shape index (κ2) is 6.68. The Kier molecular flexibility index (Phi) is 3.59. The van der Waals surface area contributed by atoms with E-state index in [1.54, 1.807) is 0 Å². The van der Waals surface area contributed by atoms with Gasteiger partial charge in [0.05, 0.1) is 0 Å². The first-order valence-electron chi connectivity index (χ1n) is 12.1. The molecule has 0 heterocycles. The summed E-state index contributed by atoms with van der Waals surface area (Å²) in [7, 11) is 0. The molecule has 158 valence electrons. The van der Waals surface area contributed by atoms with Gasteiger partial charge in [-0.3, -0.25) is 0 Å². The van der Waals surface area contributed by atoms with Crippen LogP contribution in [0, 0.1) is 0 Å². The summed E-state index contributed by atoms with van der Waals surface area (Å²) in [5.41, 5.74) is 14.1. The Hall–Kier alpha value is -4.16. The molecule has 6 aromatic carbocycles. The van der Waals surface area contributed by atoms with Crippen LogP contribution in [0.3, 0.4) is 0 Å². The van der Waals surface area contributed by atoms with Gasteiger partial charge in [0.2, 0.25) is 0 Å². The first kappa shape index (κ1) is 18.3. The lowest BCUT2D eigenvalue weighted by molar-refractivity contribution is 1.15. The summed E-state index contributed by atoms with van der Waals surface area (Å²) < 4.78 is 0. The first-order chi connectivity index (χ1) is 16.9. The van der Waals surface area contributed by atoms with Gasteiger partial charge in [-0.05, 0) is 90.0 Å². The summed E-state index contributed by atoms with van der Waals surface area (Å²) in [4.78, 5) is 0. The van der Waals surface area contributed by atoms with Gasteiger partial charge in [-0.15, -0.1) is 0 Å². The van der Waals surface area contributed by atoms with E-state index in [0.717, 1.165) is 12.8 Å². The quantitative estimate of drug-likeness (QED) is 0.257. The smallest absolute Gasteiger partial charge is 0.00130 e. The molecular formula is C34H22. The number of hydrogen-bond acceptors (Lipinski definition) is 0. The molecule has 0 saturated heterocycles. The molecular weight excluding hydrogens is 408 g/mol. The zero-order chi connectivity index (χ0) is 22.2. The van der Waals surface area contributed by atoms with E-state index in [2.05, 4.69) is 109 Å². The summed E-state index contributed by atoms with van der Waals surface area (Å²) in [5, 5.41) is 5.70. The Balaban J connectivity index is 1.49. The van der Waals surface area contributed by atoms with Gasteiger partial charge < -0.3 is 0 Å². The average molecular weight is 431 g/mol. The molecule has 0 radical (unpaired) electrons. The predicted octanol–water partition coefficient (Wildman–Crippen LogP) is 8.80. The lowest BCUT2D eigenvalue weighted by atomic mass is 9.73. The van der Waals surface area contributed by atoms with Gasteiger partial charge in [-0.1, -0.05) is 109 Å². The van der Waals surface area contributed by atoms with Crippen molar-refractivity contribution in [2.75, 3.05) is 0 Å². The maximum Gasteiger partial charge on any atom is -0.00130 e. The van der Waals surface area contributed by atoms with Crippen LogP contribution >= 0.6 is 0 Å². The average Bonchev–Trinajstić information content (AvgIpc) is 2.91. The molecule has 0 N–H and O–H groups in total. The van der Waals surface area contributed by atoms with E-state index in [1.165, 1.54) is 77.2 Å². The molecule has 0 spiro atoms. The SMILES string of the molecule is c1ccc(-c2ccc3c4c5c(ccc24)Cc2ccc(-c4ccccc4)c4ccc(c-5c24)C3)cc1. The molecule has 8 rings (SSSR count). The summed E-state index contributed by atoms with van der Waals surface area (Å²) in [6, 6.07) is 40.6. The fourth-order valence-corrected chi connectivity index (χ4v) is 6.43. The summed E-state index contributed by atoms with van der Waals surface area (Å²) in [6.07, 6.45) is 2.00. The van der Waals surface area contributed by atoms with Gasteiger partial charge in [0.1, 0.15) is 0 Å². The highest BCUT2D eigenvalue weighted by atomic mass is 14.3. The van der Waals surface area contributed by atoms with Gasteiger partial charge >= 0.3 is 0 Å². The molecule has 0 heteroatoms. The Bertz CT molecular complexity index is 1640. The van der Waals surface area contributed by atoms with Gasteiger partial charge in [0.25, 0.3) is 0 Å². The van der Waals surface area contributed by atoms with Crippen LogP contribution < -0.4 is 0 Å². The molecule has 6 aromatic rings. The van der Waals surface area contributed by atoms with Crippen molar-refractivity contribution >= 4 is 21.5 Å². The Morgan fingerprint density at radius 2 is 0.765 bits per heavy atom. The third kappa shape index (κ3) is 2.38. The lowest BCUT2D eigenvalue weighted by Gasteiger charge is -2.31. The third-order valence-corrected chi connectivity index (χ3v) is 7.89. The second-order valence-electron chi connectivity index (χ2n) is 9.67. The molecule has 0 amide bonds. The second-order valence-corrected chi connectivity index (χ2v) is 9.67. The van der Waals surface area contributed by atoms with Gasteiger partial charge in [-0.2, -0.15) is 0 Å². The van der Waals surface area contributed by atoms with Crippen molar-refractivity contribution < 1.29 is 0 Å². The fourth-order valence-electron chi connectivity index (χ4n) is 6.43. The molecule has 0 aromatic heterocycles. The minimum atomic E-state index is 1.00. The highest BCUT2D eigenvalue weighted by molar-refractivity contribution is 6.17. The predicted molar refractivity (Wildman–Crippen MR) is 143 cm³/mol. The number of rotatable bonds is 2. The Morgan fingerprint density at radius 3 is 1.21 bits per heavy atom. The number of benzene rings is 6. The molecule has 0 unspecified atom stereocenters. The van der Waals surface area contributed by atoms with Crippen LogP contribution in [0.2, 0.25) is 0 Å². The summed E-state index contributed by atoms with van der Waals surface area (Å²) >= 11 is 0. The molecule has 0 atom stereocenters. The van der Waals surface area contributed by atoms with Crippen LogP contribution in [0.1, 0.15) is 22.3 Å². The molecule has 0 saturated carbocycles. The third-order valence-electron chi connectivity index (χ3n) is 7.89. The standard InChI is InChI=1S/C34H22/c1-3-7-21(8-4-1)27-15-11-23-19-26-14-18-30-28(22-9-5-2-6-10-22)16-12-24-20-25-13-17-29(27)31(23)33(25)34(26)32(24)30/h1-18H,19-20H2. The van der Waals surface area contributed by atoms with E-state index >= 15 is 0 Å². The van der Waals surface area contributed by atoms with Crippen LogP contribution in [-0.2, 0) is 12.8 Å². The van der Waals surface area contributed by atoms with Gasteiger partial charge in [0.15, 0.2) is 0 Å². The first-order valence-corrected chi connectivity index (χ1v) is 12.1. The van der Waals surface area contributed by atoms with Gasteiger partial charge in [0, 0.05) is 0 Å². The van der Waals surface area contributed by atoms with Crippen LogP contribution in [0.4, 0.5) is 0 Å². The summed E-state index contributed by atoms with van der Waals surface area (Å²) in [5.74, 6) is 0. The molecule has 2 aliphatic carbocycles. The molecule has 2 aliphatic rings. The van der Waals surface area contributed by atoms with E-state index in [9.17, 15) is 0 Å². The number of hydrogen-bond donors (Lipinski definition) is 0. The van der Waals surface area contributed by atoms with Crippen LogP contribution in [0.15, 0.2) is 109 Å². The van der Waals surface area contributed by atoms with Crippen molar-refractivity contribution in [3.63, 3.8) is 0 Å². The van der Waals surface area contributed by atoms with Crippen molar-refractivity contribution in [1.82, 2.24) is 0 Å². The zero-order valence-corrected chi connectivity index (χ0v) is 18.8. The van der Waals surface area contributed by atoms with Crippen molar-refractivity contribution in [2.45, 2.75) is 12.8 Å². The zero-order valence-electron chi connectivity index (χ0n) is 18.8. The van der Waals surface area contributed by atoms with Crippen molar-refractivity contribution in [1.29, 1.82) is 0 Å². The highest BCUT2D eigenvalue weighted by Gasteiger charge is 2.29. The van der Waals surface area contributed by atoms with E-state index in [-0.39, 0.29) is 0 Å². The van der Waals surface area contributed by atoms with Crippen LogP contribution in [0.25, 0.3) is 54.9 Å². The summed E-state index contributed by atoms with van der Waals surface area (Å²) in [6.45, 7) is 0. The topological polar surface area (TPSA) is 0 Å².